The van der Waals surface area contributed by atoms with E-state index in [2.05, 4.69) is 0 Å². The number of benzene rings is 3. The summed E-state index contributed by atoms with van der Waals surface area (Å²) in [4.78, 5) is 12.7. The zero-order valence-corrected chi connectivity index (χ0v) is 19.2. The molecule has 5 atom stereocenters. The van der Waals surface area contributed by atoms with Gasteiger partial charge in [0.15, 0.2) is 11.9 Å². The molecule has 36 heavy (non-hydrogen) atoms. The fraction of sp³-hybridized carbons (Fsp3) is 0.423. The normalized spacial score (nSPS) is 38.2. The van der Waals surface area contributed by atoms with Gasteiger partial charge in [0.2, 0.25) is 11.4 Å². The first-order valence-corrected chi connectivity index (χ1v) is 11.9. The van der Waals surface area contributed by atoms with E-state index in [1.54, 1.807) is 13.0 Å². The van der Waals surface area contributed by atoms with E-state index in [9.17, 15) is 15.0 Å². The zero-order chi connectivity index (χ0) is 24.6. The van der Waals surface area contributed by atoms with Gasteiger partial charge >= 0.3 is 5.79 Å². The molecule has 3 aromatic rings. The van der Waals surface area contributed by atoms with E-state index in [1.807, 2.05) is 0 Å². The third-order valence-corrected chi connectivity index (χ3v) is 8.90. The first kappa shape index (κ1) is 19.9. The third kappa shape index (κ3) is 1.70. The van der Waals surface area contributed by atoms with Gasteiger partial charge < -0.3 is 33.9 Å². The van der Waals surface area contributed by atoms with Gasteiger partial charge in [0, 0.05) is 17.2 Å². The highest BCUT2D eigenvalue weighted by Gasteiger charge is 3.06. The van der Waals surface area contributed by atoms with Gasteiger partial charge in [-0.2, -0.15) is 0 Å². The Labute approximate surface area is 202 Å². The summed E-state index contributed by atoms with van der Waals surface area (Å²) in [5.74, 6) is -5.13. The number of carbonyl (C=O) groups excluding carboxylic acids is 1. The van der Waals surface area contributed by atoms with Crippen molar-refractivity contribution in [1.29, 1.82) is 0 Å². The van der Waals surface area contributed by atoms with E-state index in [1.165, 1.54) is 13.2 Å². The summed E-state index contributed by atoms with van der Waals surface area (Å²) in [5, 5.41) is 23.6. The van der Waals surface area contributed by atoms with Gasteiger partial charge in [0.05, 0.1) is 35.6 Å². The lowest BCUT2D eigenvalue weighted by Gasteiger charge is -2.37. The van der Waals surface area contributed by atoms with Crippen molar-refractivity contribution in [2.24, 2.45) is 0 Å². The van der Waals surface area contributed by atoms with Crippen molar-refractivity contribution in [3.63, 3.8) is 0 Å². The molecule has 3 unspecified atom stereocenters. The van der Waals surface area contributed by atoms with Gasteiger partial charge in [0.25, 0.3) is 5.79 Å². The number of aromatic hydroxyl groups is 2. The van der Waals surface area contributed by atoms with Crippen molar-refractivity contribution in [3.8, 4) is 23.0 Å². The van der Waals surface area contributed by atoms with Crippen LogP contribution >= 0.6 is 0 Å². The molecule has 0 saturated carbocycles. The van der Waals surface area contributed by atoms with Crippen LogP contribution in [0.4, 0.5) is 4.39 Å². The largest absolute Gasteiger partial charge is 0.506 e. The molecule has 4 saturated heterocycles. The SMILES string of the molecule is COc1c2cc3c(c(O)c2c(O)c2c4c(c(F)cc12)C1OC2(C)OC15O[C@]5(O4)[C@@]21CO1)C(=O)CCC3. The molecule has 1 aliphatic carbocycles. The Bertz CT molecular complexity index is 1660. The molecule has 2 N–H and O–H groups in total. The number of phenolic OH excluding ortho intramolecular Hbond substituents is 2. The lowest BCUT2D eigenvalue weighted by atomic mass is 9.82. The van der Waals surface area contributed by atoms with E-state index in [4.69, 9.17) is 28.4 Å². The predicted molar refractivity (Wildman–Crippen MR) is 118 cm³/mol. The molecule has 0 amide bonds. The Morgan fingerprint density at radius 1 is 1.11 bits per heavy atom. The first-order chi connectivity index (χ1) is 17.2. The van der Waals surface area contributed by atoms with Crippen LogP contribution in [0.2, 0.25) is 0 Å². The number of methoxy groups -OCH3 is 1. The lowest BCUT2D eigenvalue weighted by molar-refractivity contribution is -0.234. The molecule has 2 spiro atoms. The summed E-state index contributed by atoms with van der Waals surface area (Å²) in [6.45, 7) is 1.99. The van der Waals surface area contributed by atoms with Gasteiger partial charge in [-0.05, 0) is 37.5 Å². The number of ketones is 1. The number of Topliss-reactive ketones (excluding diaryl/α,β-unsaturated/α-hetero) is 1. The van der Waals surface area contributed by atoms with Gasteiger partial charge in [-0.25, -0.2) is 4.39 Å². The standard InChI is InChI=1S/C26H19FO9/c1-23-24(8-32-24)26-25(35-23,36-26)22(34-23)17-12(27)7-11-16(21(17)33-26)19(30)15-10(20(11)31-2)6-9-4-3-5-13(28)14(9)18(15)29/h6-7,22,29-30H,3-5,8H2,1-2H3/t22?,23?,24-,25?,26-/m1/s1. The number of phenols is 2. The number of hydrogen-bond acceptors (Lipinski definition) is 9. The molecule has 5 aliphatic heterocycles. The third-order valence-electron chi connectivity index (χ3n) is 8.90. The summed E-state index contributed by atoms with van der Waals surface area (Å²) in [5.41, 5.74) is -0.119. The van der Waals surface area contributed by atoms with Gasteiger partial charge in [0.1, 0.15) is 28.8 Å². The number of halogens is 1. The molecule has 2 bridgehead atoms. The van der Waals surface area contributed by atoms with Crippen molar-refractivity contribution in [2.75, 3.05) is 13.7 Å². The lowest BCUT2D eigenvalue weighted by Crippen LogP contribution is -2.57. The maximum absolute atomic E-state index is 15.8. The van der Waals surface area contributed by atoms with Crippen molar-refractivity contribution < 1.29 is 47.8 Å². The molecule has 9 rings (SSSR count). The summed E-state index contributed by atoms with van der Waals surface area (Å²) in [7, 11) is 1.43. The number of rotatable bonds is 1. The monoisotopic (exact) mass is 494 g/mol. The average molecular weight is 494 g/mol. The molecule has 6 aliphatic rings. The second-order valence-corrected chi connectivity index (χ2v) is 10.5. The maximum Gasteiger partial charge on any atom is 0.308 e. The van der Waals surface area contributed by atoms with Crippen molar-refractivity contribution in [1.82, 2.24) is 0 Å². The van der Waals surface area contributed by atoms with E-state index in [0.717, 1.165) is 0 Å². The smallest absolute Gasteiger partial charge is 0.308 e. The number of aryl methyl sites for hydroxylation is 1. The zero-order valence-electron chi connectivity index (χ0n) is 19.2. The van der Waals surface area contributed by atoms with Gasteiger partial charge in [-0.1, -0.05) is 0 Å². The van der Waals surface area contributed by atoms with Crippen molar-refractivity contribution in [3.05, 3.63) is 34.6 Å². The molecule has 0 aromatic heterocycles. The van der Waals surface area contributed by atoms with E-state index in [-0.39, 0.29) is 62.7 Å². The predicted octanol–water partition coefficient (Wildman–Crippen LogP) is 3.47. The Balaban J connectivity index is 1.41. The van der Waals surface area contributed by atoms with Crippen molar-refractivity contribution >= 4 is 27.3 Å². The van der Waals surface area contributed by atoms with Crippen LogP contribution in [0.15, 0.2) is 12.1 Å². The molecule has 3 aromatic carbocycles. The summed E-state index contributed by atoms with van der Waals surface area (Å²) >= 11 is 0. The fourth-order valence-corrected chi connectivity index (χ4v) is 7.21. The van der Waals surface area contributed by atoms with E-state index in [0.29, 0.717) is 30.2 Å². The highest BCUT2D eigenvalue weighted by atomic mass is 19.1. The number of hydrogen-bond donors (Lipinski definition) is 2. The fourth-order valence-electron chi connectivity index (χ4n) is 7.21. The summed E-state index contributed by atoms with van der Waals surface area (Å²) < 4.78 is 52.0. The van der Waals surface area contributed by atoms with Crippen LogP contribution in [0, 0.1) is 5.82 Å². The maximum atomic E-state index is 15.8. The average Bonchev–Trinajstić information content (AvgIpc) is 3.71. The molecule has 10 heteroatoms. The van der Waals surface area contributed by atoms with Crippen LogP contribution in [0.5, 0.6) is 23.0 Å². The van der Waals surface area contributed by atoms with Crippen molar-refractivity contribution in [2.45, 2.75) is 55.3 Å². The van der Waals surface area contributed by atoms with Crippen LogP contribution in [0.1, 0.15) is 47.4 Å². The Morgan fingerprint density at radius 2 is 1.89 bits per heavy atom. The topological polar surface area (TPSA) is 120 Å². The van der Waals surface area contributed by atoms with Crippen LogP contribution in [0.3, 0.4) is 0 Å². The molecular formula is C26H19FO9. The number of epoxide rings is 2. The molecule has 9 nitrogen and oxygen atoms in total. The van der Waals surface area contributed by atoms with Gasteiger partial charge in [-0.15, -0.1) is 0 Å². The molecule has 184 valence electrons. The second kappa shape index (κ2) is 5.40. The highest BCUT2D eigenvalue weighted by molar-refractivity contribution is 6.18. The number of carbonyl (C=O) groups is 1. The molecule has 5 heterocycles. The number of ether oxygens (including phenoxy) is 6. The van der Waals surface area contributed by atoms with Crippen LogP contribution in [0.25, 0.3) is 21.5 Å². The summed E-state index contributed by atoms with van der Waals surface area (Å²) in [6.07, 6.45) is 0.606. The van der Waals surface area contributed by atoms with E-state index >= 15 is 4.39 Å². The minimum atomic E-state index is -1.35. The molecule has 0 radical (unpaired) electrons. The summed E-state index contributed by atoms with van der Waals surface area (Å²) in [6, 6.07) is 2.98. The Kier molecular flexibility index (Phi) is 2.99. The Hall–Kier alpha value is -3.18. The second-order valence-electron chi connectivity index (χ2n) is 10.5. The molecule has 4 fully saturated rings. The highest BCUT2D eigenvalue weighted by Crippen LogP contribution is 2.83. The minimum Gasteiger partial charge on any atom is -0.506 e. The quantitative estimate of drug-likeness (QED) is 0.387. The minimum absolute atomic E-state index is 0.00620. The van der Waals surface area contributed by atoms with Crippen LogP contribution in [-0.2, 0) is 25.4 Å². The first-order valence-electron chi connectivity index (χ1n) is 11.9. The Morgan fingerprint density at radius 3 is 2.64 bits per heavy atom. The molecular weight excluding hydrogens is 475 g/mol. The van der Waals surface area contributed by atoms with E-state index < -0.39 is 34.9 Å². The van der Waals surface area contributed by atoms with Crippen LogP contribution < -0.4 is 9.47 Å². The van der Waals surface area contributed by atoms with Crippen LogP contribution in [-0.4, -0.2) is 52.7 Å². The van der Waals surface area contributed by atoms with Gasteiger partial charge in [-0.3, -0.25) is 9.53 Å². The number of fused-ring (bicyclic) bond motifs is 8.